The van der Waals surface area contributed by atoms with Gasteiger partial charge in [-0.25, -0.2) is 0 Å². The zero-order valence-corrected chi connectivity index (χ0v) is 19.6. The van der Waals surface area contributed by atoms with Crippen LogP contribution in [0.2, 0.25) is 0 Å². The summed E-state index contributed by atoms with van der Waals surface area (Å²) in [5.74, 6) is 0. The second-order valence-electron chi connectivity index (χ2n) is 3.17. The Kier molecular flexibility index (Phi) is 104. The second kappa shape index (κ2) is 50.2. The van der Waals surface area contributed by atoms with Crippen molar-refractivity contribution in [3.63, 3.8) is 0 Å². The summed E-state index contributed by atoms with van der Waals surface area (Å²) >= 11 is 0. The van der Waals surface area contributed by atoms with Crippen molar-refractivity contribution in [2.24, 2.45) is 0 Å². The van der Waals surface area contributed by atoms with Gasteiger partial charge in [0.1, 0.15) is 0 Å². The van der Waals surface area contributed by atoms with Crippen molar-refractivity contribution in [2.75, 3.05) is 19.8 Å². The van der Waals surface area contributed by atoms with Crippen LogP contribution in [0.1, 0.15) is 59.3 Å². The average Bonchev–Trinajstić information content (AvgIpc) is 2.23. The van der Waals surface area contributed by atoms with Gasteiger partial charge >= 0.3 is 88.7 Å². The van der Waals surface area contributed by atoms with Gasteiger partial charge in [-0.3, -0.25) is 0 Å². The minimum atomic E-state index is 0. The molecule has 0 saturated carbocycles. The van der Waals surface area contributed by atoms with Gasteiger partial charge in [0.05, 0.1) is 0 Å². The van der Waals surface area contributed by atoms with Crippen LogP contribution in [0.25, 0.3) is 0 Å². The van der Waals surface area contributed by atoms with Gasteiger partial charge in [-0.2, -0.15) is 0 Å². The Morgan fingerprint density at radius 2 is 0.667 bits per heavy atom. The van der Waals surface area contributed by atoms with Gasteiger partial charge in [0.25, 0.3) is 0 Å². The molecule has 0 N–H and O–H groups in total. The summed E-state index contributed by atoms with van der Waals surface area (Å²) in [6, 6.07) is 0. The Balaban J connectivity index is -0.0000000277. The third kappa shape index (κ3) is 76.5. The normalized spacial score (nSPS) is 7.00. The first kappa shape index (κ1) is 37.3. The van der Waals surface area contributed by atoms with Gasteiger partial charge in [-0.05, 0) is 0 Å². The summed E-state index contributed by atoms with van der Waals surface area (Å²) in [4.78, 5) is 0. The van der Waals surface area contributed by atoms with Crippen LogP contribution in [0.4, 0.5) is 0 Å². The van der Waals surface area contributed by atoms with Crippen molar-refractivity contribution in [1.29, 1.82) is 0 Å². The topological polar surface area (TPSA) is 69.2 Å². The molecule has 18 heavy (non-hydrogen) atoms. The van der Waals surface area contributed by atoms with Crippen LogP contribution in [0.5, 0.6) is 0 Å². The number of hydrogen-bond donors (Lipinski definition) is 0. The molecule has 0 aliphatic carbocycles. The molecule has 0 aromatic heterocycles. The molecule has 0 bridgehead atoms. The first-order chi connectivity index (χ1) is 7.24. The Labute approximate surface area is 180 Å². The Bertz CT molecular complexity index is 59.3. The van der Waals surface area contributed by atoms with E-state index in [9.17, 15) is 15.3 Å². The SMILES string of the molecule is CCCC[O-].CCCC[O-].CCCC[O-].[Na+].[Na+].[Na+]. The Hall–Kier alpha value is 2.88. The Morgan fingerprint density at radius 3 is 0.667 bits per heavy atom. The molecule has 0 rings (SSSR count). The van der Waals surface area contributed by atoms with Crippen LogP contribution in [0.15, 0.2) is 0 Å². The molecule has 96 valence electrons. The van der Waals surface area contributed by atoms with Crippen LogP contribution in [-0.2, 0) is 0 Å². The molecule has 0 radical (unpaired) electrons. The minimum Gasteiger partial charge on any atom is -0.854 e. The van der Waals surface area contributed by atoms with Crippen LogP contribution in [0.3, 0.4) is 0 Å². The van der Waals surface area contributed by atoms with Crippen LogP contribution >= 0.6 is 0 Å². The van der Waals surface area contributed by atoms with Crippen LogP contribution in [-0.4, -0.2) is 19.8 Å². The third-order valence-corrected chi connectivity index (χ3v) is 1.49. The molecule has 0 atom stereocenters. The molecule has 0 aliphatic rings. The molecular formula is C12H27Na3O3. The molecule has 0 aliphatic heterocycles. The van der Waals surface area contributed by atoms with E-state index in [4.69, 9.17) is 0 Å². The fourth-order valence-corrected chi connectivity index (χ4v) is 0.433. The van der Waals surface area contributed by atoms with Gasteiger partial charge in [0.15, 0.2) is 0 Å². The molecule has 0 spiro atoms. The summed E-state index contributed by atoms with van der Waals surface area (Å²) in [7, 11) is 0. The van der Waals surface area contributed by atoms with Crippen LogP contribution < -0.4 is 104 Å². The summed E-state index contributed by atoms with van der Waals surface area (Å²) in [5.41, 5.74) is 0. The van der Waals surface area contributed by atoms with E-state index in [1.807, 2.05) is 20.8 Å². The average molecular weight is 288 g/mol. The number of rotatable bonds is 6. The summed E-state index contributed by atoms with van der Waals surface area (Å²) in [5, 5.41) is 28.6. The van der Waals surface area contributed by atoms with E-state index in [-0.39, 0.29) is 108 Å². The smallest absolute Gasteiger partial charge is 0.854 e. The molecule has 0 unspecified atom stereocenters. The molecule has 0 fully saturated rings. The summed E-state index contributed by atoms with van der Waals surface area (Å²) in [6.45, 7) is 6.32. The molecular weight excluding hydrogens is 261 g/mol. The Morgan fingerprint density at radius 1 is 0.500 bits per heavy atom. The molecule has 0 aromatic rings. The molecule has 0 heterocycles. The zero-order valence-electron chi connectivity index (χ0n) is 13.6. The van der Waals surface area contributed by atoms with Crippen molar-refractivity contribution in [3.8, 4) is 0 Å². The monoisotopic (exact) mass is 288 g/mol. The van der Waals surface area contributed by atoms with Gasteiger partial charge in [-0.1, -0.05) is 59.3 Å². The quantitative estimate of drug-likeness (QED) is 0.456. The third-order valence-electron chi connectivity index (χ3n) is 1.49. The molecule has 0 saturated heterocycles. The van der Waals surface area contributed by atoms with Gasteiger partial charge < -0.3 is 15.3 Å². The molecule has 0 aromatic carbocycles. The molecule has 6 heteroatoms. The minimum absolute atomic E-state index is 0. The zero-order chi connectivity index (χ0) is 12.4. The van der Waals surface area contributed by atoms with Gasteiger partial charge in [-0.15, -0.1) is 19.8 Å². The van der Waals surface area contributed by atoms with E-state index in [1.165, 1.54) is 0 Å². The maximum Gasteiger partial charge on any atom is 1.00 e. The maximum absolute atomic E-state index is 9.53. The fraction of sp³-hybridized carbons (Fsp3) is 1.00. The van der Waals surface area contributed by atoms with E-state index >= 15 is 0 Å². The van der Waals surface area contributed by atoms with Gasteiger partial charge in [0, 0.05) is 0 Å². The predicted molar refractivity (Wildman–Crippen MR) is 59.3 cm³/mol. The van der Waals surface area contributed by atoms with E-state index in [2.05, 4.69) is 0 Å². The van der Waals surface area contributed by atoms with E-state index in [0.717, 1.165) is 38.5 Å². The van der Waals surface area contributed by atoms with Crippen molar-refractivity contribution in [1.82, 2.24) is 0 Å². The van der Waals surface area contributed by atoms with Crippen LogP contribution in [0, 0.1) is 0 Å². The first-order valence-electron chi connectivity index (χ1n) is 5.99. The molecule has 0 amide bonds. The van der Waals surface area contributed by atoms with E-state index < -0.39 is 0 Å². The second-order valence-corrected chi connectivity index (χ2v) is 3.17. The standard InChI is InChI=1S/3C4H9O.3Na/c3*1-2-3-4-5;;;/h3*2-4H2,1H3;;;/q3*-1;3*+1. The maximum atomic E-state index is 9.53. The van der Waals surface area contributed by atoms with Crippen molar-refractivity contribution < 1.29 is 104 Å². The van der Waals surface area contributed by atoms with E-state index in [0.29, 0.717) is 0 Å². The van der Waals surface area contributed by atoms with E-state index in [1.54, 1.807) is 0 Å². The number of hydrogen-bond acceptors (Lipinski definition) is 3. The predicted octanol–water partition coefficient (Wildman–Crippen LogP) is -8.55. The molecule has 3 nitrogen and oxygen atoms in total. The number of unbranched alkanes of at least 4 members (excludes halogenated alkanes) is 3. The van der Waals surface area contributed by atoms with Crippen molar-refractivity contribution >= 4 is 0 Å². The largest absolute Gasteiger partial charge is 1.00 e. The van der Waals surface area contributed by atoms with Gasteiger partial charge in [0.2, 0.25) is 0 Å². The summed E-state index contributed by atoms with van der Waals surface area (Å²) in [6.07, 6.45) is 5.59. The summed E-state index contributed by atoms with van der Waals surface area (Å²) < 4.78 is 0. The van der Waals surface area contributed by atoms with Crippen molar-refractivity contribution in [2.45, 2.75) is 59.3 Å². The first-order valence-corrected chi connectivity index (χ1v) is 5.99. The fourth-order valence-electron chi connectivity index (χ4n) is 0.433. The van der Waals surface area contributed by atoms with Crippen molar-refractivity contribution in [3.05, 3.63) is 0 Å².